The standard InChI is InChI=1S/C18H28N2O/c1-21-12-11-20-14-17(13-16-7-3-2-4-8-16)19-15-18(20)9-5-6-10-18/h2-4,7-8,17,19H,5-6,9-15H2,1H3. The van der Waals surface area contributed by atoms with Crippen LogP contribution in [-0.4, -0.2) is 49.8 Å². The highest BCUT2D eigenvalue weighted by molar-refractivity contribution is 5.17. The fourth-order valence-electron chi connectivity index (χ4n) is 4.06. The Balaban J connectivity index is 1.64. The summed E-state index contributed by atoms with van der Waals surface area (Å²) in [7, 11) is 1.81. The largest absolute Gasteiger partial charge is 0.383 e. The minimum atomic E-state index is 0.408. The summed E-state index contributed by atoms with van der Waals surface area (Å²) in [6, 6.07) is 11.4. The molecule has 1 N–H and O–H groups in total. The fourth-order valence-corrected chi connectivity index (χ4v) is 4.06. The number of rotatable bonds is 5. The zero-order valence-electron chi connectivity index (χ0n) is 13.2. The van der Waals surface area contributed by atoms with Crippen molar-refractivity contribution in [2.75, 3.05) is 33.4 Å². The summed E-state index contributed by atoms with van der Waals surface area (Å²) >= 11 is 0. The van der Waals surface area contributed by atoms with Crippen molar-refractivity contribution in [3.63, 3.8) is 0 Å². The average Bonchev–Trinajstić information content (AvgIpc) is 2.98. The van der Waals surface area contributed by atoms with Gasteiger partial charge in [-0.2, -0.15) is 0 Å². The number of piperazine rings is 1. The first-order valence-corrected chi connectivity index (χ1v) is 8.34. The van der Waals surface area contributed by atoms with Crippen molar-refractivity contribution >= 4 is 0 Å². The Morgan fingerprint density at radius 1 is 1.24 bits per heavy atom. The Morgan fingerprint density at radius 2 is 2.00 bits per heavy atom. The van der Waals surface area contributed by atoms with E-state index in [1.165, 1.54) is 31.2 Å². The summed E-state index contributed by atoms with van der Waals surface area (Å²) < 4.78 is 5.34. The lowest BCUT2D eigenvalue weighted by Crippen LogP contribution is -2.64. The Morgan fingerprint density at radius 3 is 2.71 bits per heavy atom. The number of hydrogen-bond acceptors (Lipinski definition) is 3. The second-order valence-corrected chi connectivity index (χ2v) is 6.64. The van der Waals surface area contributed by atoms with Crippen LogP contribution in [0.4, 0.5) is 0 Å². The van der Waals surface area contributed by atoms with E-state index in [2.05, 4.69) is 40.5 Å². The summed E-state index contributed by atoms with van der Waals surface area (Å²) in [5.41, 5.74) is 1.84. The van der Waals surface area contributed by atoms with E-state index in [1.54, 1.807) is 0 Å². The molecule has 3 heteroatoms. The molecule has 1 heterocycles. The van der Waals surface area contributed by atoms with Gasteiger partial charge in [0.1, 0.15) is 0 Å². The van der Waals surface area contributed by atoms with Crippen LogP contribution in [-0.2, 0) is 11.2 Å². The van der Waals surface area contributed by atoms with E-state index in [1.807, 2.05) is 7.11 Å². The third-order valence-corrected chi connectivity index (χ3v) is 5.26. The van der Waals surface area contributed by atoms with Gasteiger partial charge in [0.15, 0.2) is 0 Å². The van der Waals surface area contributed by atoms with Crippen molar-refractivity contribution in [1.29, 1.82) is 0 Å². The van der Waals surface area contributed by atoms with Gasteiger partial charge < -0.3 is 10.1 Å². The maximum absolute atomic E-state index is 5.34. The van der Waals surface area contributed by atoms with Gasteiger partial charge in [-0.05, 0) is 24.8 Å². The zero-order valence-corrected chi connectivity index (χ0v) is 13.2. The van der Waals surface area contributed by atoms with Crippen LogP contribution in [0.25, 0.3) is 0 Å². The topological polar surface area (TPSA) is 24.5 Å². The number of hydrogen-bond donors (Lipinski definition) is 1. The molecule has 3 rings (SSSR count). The molecule has 1 unspecified atom stereocenters. The van der Waals surface area contributed by atoms with Crippen molar-refractivity contribution in [1.82, 2.24) is 10.2 Å². The molecule has 0 bridgehead atoms. The average molecular weight is 288 g/mol. The molecule has 1 atom stereocenters. The van der Waals surface area contributed by atoms with Crippen LogP contribution in [0.5, 0.6) is 0 Å². The first-order valence-electron chi connectivity index (χ1n) is 8.34. The Labute approximate surface area is 128 Å². The molecule has 2 aliphatic rings. The van der Waals surface area contributed by atoms with Gasteiger partial charge >= 0.3 is 0 Å². The molecule has 0 radical (unpaired) electrons. The predicted octanol–water partition coefficient (Wildman–Crippen LogP) is 2.46. The maximum atomic E-state index is 5.34. The molecule has 1 spiro atoms. The third-order valence-electron chi connectivity index (χ3n) is 5.26. The van der Waals surface area contributed by atoms with Crippen LogP contribution < -0.4 is 5.32 Å². The van der Waals surface area contributed by atoms with Gasteiger partial charge in [0.2, 0.25) is 0 Å². The van der Waals surface area contributed by atoms with E-state index in [0.717, 1.165) is 32.7 Å². The number of methoxy groups -OCH3 is 1. The molecule has 3 nitrogen and oxygen atoms in total. The van der Waals surface area contributed by atoms with Crippen LogP contribution >= 0.6 is 0 Å². The lowest BCUT2D eigenvalue weighted by atomic mass is 9.89. The molecule has 21 heavy (non-hydrogen) atoms. The first kappa shape index (κ1) is 15.0. The summed E-state index contributed by atoms with van der Waals surface area (Å²) in [6.45, 7) is 4.22. The Hall–Kier alpha value is -0.900. The molecule has 1 aromatic rings. The van der Waals surface area contributed by atoms with Crippen molar-refractivity contribution in [3.8, 4) is 0 Å². The van der Waals surface area contributed by atoms with Gasteiger partial charge in [0, 0.05) is 38.3 Å². The molecule has 0 aromatic heterocycles. The molecule has 0 amide bonds. The number of nitrogens with one attached hydrogen (secondary N) is 1. The van der Waals surface area contributed by atoms with Gasteiger partial charge in [0.25, 0.3) is 0 Å². The van der Waals surface area contributed by atoms with Crippen LogP contribution in [0, 0.1) is 0 Å². The fraction of sp³-hybridized carbons (Fsp3) is 0.667. The molecular formula is C18H28N2O. The summed E-state index contributed by atoms with van der Waals surface area (Å²) in [5.74, 6) is 0. The molecule has 2 fully saturated rings. The predicted molar refractivity (Wildman–Crippen MR) is 86.6 cm³/mol. The van der Waals surface area contributed by atoms with Gasteiger partial charge in [-0.25, -0.2) is 0 Å². The van der Waals surface area contributed by atoms with Gasteiger partial charge in [-0.1, -0.05) is 43.2 Å². The van der Waals surface area contributed by atoms with Crippen LogP contribution in [0.3, 0.4) is 0 Å². The van der Waals surface area contributed by atoms with Gasteiger partial charge in [-0.3, -0.25) is 4.90 Å². The van der Waals surface area contributed by atoms with Crippen molar-refractivity contribution in [3.05, 3.63) is 35.9 Å². The van der Waals surface area contributed by atoms with Gasteiger partial charge in [-0.15, -0.1) is 0 Å². The highest BCUT2D eigenvalue weighted by atomic mass is 16.5. The van der Waals surface area contributed by atoms with E-state index in [9.17, 15) is 0 Å². The SMILES string of the molecule is COCCN1CC(Cc2ccccc2)NCC12CCCC2. The zero-order chi connectivity index (χ0) is 14.5. The monoisotopic (exact) mass is 288 g/mol. The molecular weight excluding hydrogens is 260 g/mol. The van der Waals surface area contributed by atoms with Crippen molar-refractivity contribution in [2.24, 2.45) is 0 Å². The van der Waals surface area contributed by atoms with Crippen LogP contribution in [0.15, 0.2) is 30.3 Å². The minimum Gasteiger partial charge on any atom is -0.383 e. The number of benzene rings is 1. The Bertz CT molecular complexity index is 428. The van der Waals surface area contributed by atoms with E-state index >= 15 is 0 Å². The highest BCUT2D eigenvalue weighted by Crippen LogP contribution is 2.36. The van der Waals surface area contributed by atoms with Crippen molar-refractivity contribution < 1.29 is 4.74 Å². The molecule has 116 valence electrons. The third kappa shape index (κ3) is 3.47. The lowest BCUT2D eigenvalue weighted by molar-refractivity contribution is 0.0217. The van der Waals surface area contributed by atoms with E-state index in [-0.39, 0.29) is 0 Å². The molecule has 1 aliphatic heterocycles. The van der Waals surface area contributed by atoms with Crippen molar-refractivity contribution in [2.45, 2.75) is 43.7 Å². The lowest BCUT2D eigenvalue weighted by Gasteiger charge is -2.48. The molecule has 1 saturated carbocycles. The van der Waals surface area contributed by atoms with Gasteiger partial charge in [0.05, 0.1) is 6.61 Å². The van der Waals surface area contributed by atoms with E-state index in [4.69, 9.17) is 4.74 Å². The second-order valence-electron chi connectivity index (χ2n) is 6.64. The minimum absolute atomic E-state index is 0.408. The summed E-state index contributed by atoms with van der Waals surface area (Å²) in [5, 5.41) is 3.82. The van der Waals surface area contributed by atoms with Crippen LogP contribution in [0.2, 0.25) is 0 Å². The molecule has 1 aromatic carbocycles. The van der Waals surface area contributed by atoms with E-state index < -0.39 is 0 Å². The number of nitrogens with zero attached hydrogens (tertiary/aromatic N) is 1. The molecule has 1 saturated heterocycles. The quantitative estimate of drug-likeness (QED) is 0.901. The Kier molecular flexibility index (Phi) is 4.94. The summed E-state index contributed by atoms with van der Waals surface area (Å²) in [6.07, 6.45) is 6.59. The second kappa shape index (κ2) is 6.91. The van der Waals surface area contributed by atoms with Crippen LogP contribution in [0.1, 0.15) is 31.2 Å². The maximum Gasteiger partial charge on any atom is 0.0589 e. The van der Waals surface area contributed by atoms with E-state index in [0.29, 0.717) is 11.6 Å². The highest BCUT2D eigenvalue weighted by Gasteiger charge is 2.42. The first-order chi connectivity index (χ1) is 10.3. The molecule has 1 aliphatic carbocycles. The normalized spacial score (nSPS) is 25.5. The smallest absolute Gasteiger partial charge is 0.0589 e. The number of ether oxygens (including phenoxy) is 1. The summed E-state index contributed by atoms with van der Waals surface area (Å²) in [4.78, 5) is 2.72.